The highest BCUT2D eigenvalue weighted by atomic mass is 16.5. The Balaban J connectivity index is 2.29. The van der Waals surface area contributed by atoms with Crippen LogP contribution in [0, 0.1) is 23.7 Å². The first kappa shape index (κ1) is 48.1. The Morgan fingerprint density at radius 2 is 1.45 bits per heavy atom. The third kappa shape index (κ3) is 13.0. The first-order chi connectivity index (χ1) is 26.0. The summed E-state index contributed by atoms with van der Waals surface area (Å²) in [7, 11) is 10.3. The number of rotatable bonds is 23. The molecular formula is C43H75N5O7. The number of likely N-dealkylation sites (N-methyl/N-ethyl adjacent to an activating group) is 2. The molecule has 314 valence electrons. The van der Waals surface area contributed by atoms with Crippen LogP contribution in [-0.4, -0.2) is 136 Å². The van der Waals surface area contributed by atoms with Crippen molar-refractivity contribution in [1.29, 1.82) is 0 Å². The minimum atomic E-state index is -0.749. The van der Waals surface area contributed by atoms with Crippen LogP contribution in [0.5, 0.6) is 0 Å². The van der Waals surface area contributed by atoms with Crippen LogP contribution in [0.25, 0.3) is 0 Å². The van der Waals surface area contributed by atoms with Gasteiger partial charge in [-0.15, -0.1) is 0 Å². The van der Waals surface area contributed by atoms with Crippen molar-refractivity contribution < 1.29 is 33.4 Å². The molecule has 1 saturated heterocycles. The van der Waals surface area contributed by atoms with Crippen molar-refractivity contribution in [2.45, 2.75) is 142 Å². The maximum absolute atomic E-state index is 14.3. The van der Waals surface area contributed by atoms with Crippen molar-refractivity contribution >= 4 is 23.6 Å². The summed E-state index contributed by atoms with van der Waals surface area (Å²) in [6.45, 7) is 16.4. The van der Waals surface area contributed by atoms with Gasteiger partial charge in [-0.3, -0.25) is 24.1 Å². The number of carbonyl (C=O) groups is 4. The lowest BCUT2D eigenvalue weighted by Crippen LogP contribution is -2.60. The van der Waals surface area contributed by atoms with Gasteiger partial charge in [-0.25, -0.2) is 0 Å². The average Bonchev–Trinajstić information content (AvgIpc) is 3.65. The second-order valence-corrected chi connectivity index (χ2v) is 16.4. The SMILES string of the molecule is CCC(C)C(C(=O)NC(C(=O)N(C)C(C(C)CC)C(CC(=O)N1CCCC1C(OC)C(C)C(=O)NC(Cc1ccccc1)C(C)OC)OC)C(C)C)N(C)C. The molecule has 0 saturated carbocycles. The Labute approximate surface area is 332 Å². The summed E-state index contributed by atoms with van der Waals surface area (Å²) in [5, 5.41) is 6.30. The van der Waals surface area contributed by atoms with E-state index in [2.05, 4.69) is 31.4 Å². The number of hydrogen-bond donors (Lipinski definition) is 2. The van der Waals surface area contributed by atoms with Crippen LogP contribution >= 0.6 is 0 Å². The molecule has 0 radical (unpaired) electrons. The van der Waals surface area contributed by atoms with E-state index in [1.54, 1.807) is 33.3 Å². The van der Waals surface area contributed by atoms with Gasteiger partial charge < -0.3 is 34.6 Å². The number of methoxy groups -OCH3 is 3. The molecule has 0 aliphatic carbocycles. The maximum atomic E-state index is 14.3. The highest BCUT2D eigenvalue weighted by Gasteiger charge is 2.43. The van der Waals surface area contributed by atoms with Gasteiger partial charge in [0.2, 0.25) is 23.6 Å². The Bertz CT molecular complexity index is 1330. The molecular weight excluding hydrogens is 699 g/mol. The van der Waals surface area contributed by atoms with E-state index in [9.17, 15) is 19.2 Å². The van der Waals surface area contributed by atoms with E-state index in [1.165, 1.54) is 0 Å². The minimum absolute atomic E-state index is 0.00649. The molecule has 11 unspecified atom stereocenters. The molecule has 0 bridgehead atoms. The molecule has 4 amide bonds. The summed E-state index contributed by atoms with van der Waals surface area (Å²) in [5.41, 5.74) is 1.10. The van der Waals surface area contributed by atoms with Gasteiger partial charge in [-0.1, -0.05) is 91.6 Å². The van der Waals surface area contributed by atoms with Gasteiger partial charge in [0.05, 0.1) is 54.8 Å². The van der Waals surface area contributed by atoms with Crippen LogP contribution < -0.4 is 10.6 Å². The monoisotopic (exact) mass is 774 g/mol. The predicted octanol–water partition coefficient (Wildman–Crippen LogP) is 4.79. The largest absolute Gasteiger partial charge is 0.380 e. The lowest BCUT2D eigenvalue weighted by Gasteiger charge is -2.41. The molecule has 12 nitrogen and oxygen atoms in total. The van der Waals surface area contributed by atoms with E-state index < -0.39 is 30.2 Å². The average molecular weight is 774 g/mol. The number of benzene rings is 1. The topological polar surface area (TPSA) is 130 Å². The van der Waals surface area contributed by atoms with Crippen LogP contribution in [0.1, 0.15) is 93.1 Å². The summed E-state index contributed by atoms with van der Waals surface area (Å²) >= 11 is 0. The lowest BCUT2D eigenvalue weighted by molar-refractivity contribution is -0.148. The summed E-state index contributed by atoms with van der Waals surface area (Å²) in [4.78, 5) is 61.4. The van der Waals surface area contributed by atoms with Crippen molar-refractivity contribution in [2.75, 3.05) is 49.0 Å². The van der Waals surface area contributed by atoms with Gasteiger partial charge in [0.25, 0.3) is 0 Å². The van der Waals surface area contributed by atoms with E-state index in [0.29, 0.717) is 19.4 Å². The van der Waals surface area contributed by atoms with Crippen molar-refractivity contribution in [3.05, 3.63) is 35.9 Å². The van der Waals surface area contributed by atoms with E-state index in [4.69, 9.17) is 14.2 Å². The smallest absolute Gasteiger partial charge is 0.245 e. The molecule has 1 aromatic rings. The van der Waals surface area contributed by atoms with E-state index in [-0.39, 0.29) is 72.0 Å². The molecule has 2 N–H and O–H groups in total. The minimum Gasteiger partial charge on any atom is -0.380 e. The number of amides is 4. The zero-order chi connectivity index (χ0) is 41.6. The van der Waals surface area contributed by atoms with E-state index in [0.717, 1.165) is 24.8 Å². The highest BCUT2D eigenvalue weighted by Crippen LogP contribution is 2.30. The second kappa shape index (κ2) is 23.2. The lowest BCUT2D eigenvalue weighted by atomic mass is 9.89. The third-order valence-electron chi connectivity index (χ3n) is 12.1. The summed E-state index contributed by atoms with van der Waals surface area (Å²) in [5.74, 6) is -1.26. The number of hydrogen-bond acceptors (Lipinski definition) is 8. The summed E-state index contributed by atoms with van der Waals surface area (Å²) in [6.07, 6.45) is 2.38. The van der Waals surface area contributed by atoms with Crippen LogP contribution in [0.4, 0.5) is 0 Å². The van der Waals surface area contributed by atoms with Crippen LogP contribution in [-0.2, 0) is 39.8 Å². The number of carbonyl (C=O) groups excluding carboxylic acids is 4. The number of ether oxygens (including phenoxy) is 3. The molecule has 1 heterocycles. The number of nitrogens with zero attached hydrogens (tertiary/aromatic N) is 3. The molecule has 1 aromatic carbocycles. The Morgan fingerprint density at radius 1 is 0.836 bits per heavy atom. The van der Waals surface area contributed by atoms with Crippen LogP contribution in [0.2, 0.25) is 0 Å². The highest BCUT2D eigenvalue weighted by molar-refractivity contribution is 5.90. The molecule has 1 aliphatic heterocycles. The normalized spacial score (nSPS) is 20.1. The molecule has 1 fully saturated rings. The fourth-order valence-electron chi connectivity index (χ4n) is 8.18. The second-order valence-electron chi connectivity index (χ2n) is 16.4. The molecule has 2 rings (SSSR count). The summed E-state index contributed by atoms with van der Waals surface area (Å²) < 4.78 is 17.7. The fourth-order valence-corrected chi connectivity index (χ4v) is 8.18. The van der Waals surface area contributed by atoms with Gasteiger partial charge in [0, 0.05) is 34.9 Å². The molecule has 12 heteroatoms. The molecule has 55 heavy (non-hydrogen) atoms. The first-order valence-electron chi connectivity index (χ1n) is 20.4. The zero-order valence-corrected chi connectivity index (χ0v) is 36.5. The Kier molecular flexibility index (Phi) is 20.3. The molecule has 1 aliphatic rings. The van der Waals surface area contributed by atoms with Gasteiger partial charge in [-0.05, 0) is 63.6 Å². The number of nitrogens with one attached hydrogen (secondary N) is 2. The predicted molar refractivity (Wildman–Crippen MR) is 218 cm³/mol. The Hall–Kier alpha value is -3.06. The van der Waals surface area contributed by atoms with Gasteiger partial charge in [0.1, 0.15) is 6.04 Å². The van der Waals surface area contributed by atoms with Crippen LogP contribution in [0.3, 0.4) is 0 Å². The standard InChI is InChI=1S/C43H75N5O7/c1-15-28(5)38(47(11)43(52)37(27(3)4)45-42(51)39(46(9)10)29(6)16-2)35(54-13)26-36(49)48-24-20-23-34(48)40(55-14)30(7)41(50)44-33(31(8)53-12)25-32-21-18-17-19-22-32/h17-19,21-22,27-31,33-35,37-40H,15-16,20,23-26H2,1-14H3,(H,44,50)(H,45,51). The third-order valence-corrected chi connectivity index (χ3v) is 12.1. The fraction of sp³-hybridized carbons (Fsp3) is 0.767. The van der Waals surface area contributed by atoms with E-state index >= 15 is 0 Å². The molecule has 11 atom stereocenters. The Morgan fingerprint density at radius 3 is 1.96 bits per heavy atom. The zero-order valence-electron chi connectivity index (χ0n) is 36.5. The van der Waals surface area contributed by atoms with Crippen LogP contribution in [0.15, 0.2) is 30.3 Å². The van der Waals surface area contributed by atoms with Crippen molar-refractivity contribution in [3.8, 4) is 0 Å². The van der Waals surface area contributed by atoms with Crippen molar-refractivity contribution in [3.63, 3.8) is 0 Å². The molecule has 0 spiro atoms. The van der Waals surface area contributed by atoms with Gasteiger partial charge in [-0.2, -0.15) is 0 Å². The maximum Gasteiger partial charge on any atom is 0.245 e. The van der Waals surface area contributed by atoms with Crippen molar-refractivity contribution in [2.24, 2.45) is 23.7 Å². The van der Waals surface area contributed by atoms with Gasteiger partial charge >= 0.3 is 0 Å². The van der Waals surface area contributed by atoms with Crippen molar-refractivity contribution in [1.82, 2.24) is 25.3 Å². The van der Waals surface area contributed by atoms with Gasteiger partial charge in [0.15, 0.2) is 0 Å². The van der Waals surface area contributed by atoms with E-state index in [1.807, 2.05) is 88.8 Å². The number of likely N-dealkylation sites (tertiary alicyclic amines) is 1. The molecule has 0 aromatic heterocycles. The quantitative estimate of drug-likeness (QED) is 0.163. The summed E-state index contributed by atoms with van der Waals surface area (Å²) in [6, 6.07) is 7.89. The first-order valence-corrected chi connectivity index (χ1v) is 20.4.